The van der Waals surface area contributed by atoms with Gasteiger partial charge in [-0.05, 0) is 100 Å². The lowest BCUT2D eigenvalue weighted by atomic mass is 9.81. The van der Waals surface area contributed by atoms with Gasteiger partial charge in [-0.15, -0.1) is 0 Å². The molecule has 0 unspecified atom stereocenters. The molecule has 2 saturated heterocycles. The molecule has 4 rings (SSSR count). The molecule has 2 aliphatic heterocycles. The first-order valence-corrected chi connectivity index (χ1v) is 23.5. The number of carbonyl (C=O) groups excluding carboxylic acids is 4. The van der Waals surface area contributed by atoms with Crippen molar-refractivity contribution in [3.63, 3.8) is 0 Å². The van der Waals surface area contributed by atoms with E-state index < -0.39 is 73.4 Å². The van der Waals surface area contributed by atoms with Gasteiger partial charge >= 0.3 is 6.09 Å². The van der Waals surface area contributed by atoms with E-state index in [4.69, 9.17) is 9.16 Å². The van der Waals surface area contributed by atoms with Crippen LogP contribution in [0.2, 0.25) is 18.1 Å². The van der Waals surface area contributed by atoms with E-state index >= 15 is 4.79 Å². The standard InChI is InChI=1S/C44H66F2N4O7Si/c1-12-28(2)44(48-29(3)51)20-21-49(40(44)54)36(19-18-30-16-14-13-15-17-30)39(53)47-35(24-31-22-32(45)25-33(46)23-31)38(57-58(10,11)43(7,8)9)37-26-34(52)27-50(37)41(55)56-42(4,5)6/h13-17,22-23,25,28,34-38,52H,12,18-21,24,26-27H2,1-11H3,(H,47,53)(H,48,51)/t28-,34-,35+,36+,37-,38+,44+/m1/s1. The van der Waals surface area contributed by atoms with Crippen LogP contribution in [-0.2, 0) is 36.4 Å². The number of aliphatic hydroxyl groups excluding tert-OH is 1. The maximum atomic E-state index is 15.1. The third kappa shape index (κ3) is 11.4. The number of halogens is 2. The molecule has 14 heteroatoms. The molecule has 11 nitrogen and oxygen atoms in total. The Morgan fingerprint density at radius 1 is 1.02 bits per heavy atom. The summed E-state index contributed by atoms with van der Waals surface area (Å²) in [4.78, 5) is 59.1. The number of likely N-dealkylation sites (tertiary alicyclic amines) is 2. The summed E-state index contributed by atoms with van der Waals surface area (Å²) in [6.45, 7) is 20.9. The van der Waals surface area contributed by atoms with Crippen molar-refractivity contribution in [2.24, 2.45) is 5.92 Å². The van der Waals surface area contributed by atoms with Crippen LogP contribution in [0.15, 0.2) is 48.5 Å². The molecule has 2 fully saturated rings. The molecule has 0 saturated carbocycles. The highest BCUT2D eigenvalue weighted by Gasteiger charge is 2.54. The quantitative estimate of drug-likeness (QED) is 0.166. The zero-order chi connectivity index (χ0) is 43.4. The lowest BCUT2D eigenvalue weighted by molar-refractivity contribution is -0.144. The van der Waals surface area contributed by atoms with Crippen LogP contribution in [0.3, 0.4) is 0 Å². The molecule has 2 aromatic carbocycles. The third-order valence-electron chi connectivity index (χ3n) is 12.1. The Balaban J connectivity index is 1.86. The first-order chi connectivity index (χ1) is 26.9. The van der Waals surface area contributed by atoms with Gasteiger partial charge in [0.25, 0.3) is 0 Å². The van der Waals surface area contributed by atoms with Gasteiger partial charge < -0.3 is 29.8 Å². The number of benzene rings is 2. The molecule has 0 radical (unpaired) electrons. The summed E-state index contributed by atoms with van der Waals surface area (Å²) >= 11 is 0. The molecule has 2 aromatic rings. The minimum atomic E-state index is -2.76. The summed E-state index contributed by atoms with van der Waals surface area (Å²) in [6.07, 6.45) is -0.983. The van der Waals surface area contributed by atoms with Crippen molar-refractivity contribution < 1.29 is 42.2 Å². The second kappa shape index (κ2) is 18.6. The topological polar surface area (TPSA) is 138 Å². The fourth-order valence-corrected chi connectivity index (χ4v) is 9.29. The van der Waals surface area contributed by atoms with Gasteiger partial charge in [0.2, 0.25) is 17.7 Å². The first kappa shape index (κ1) is 46.8. The number of hydrogen-bond acceptors (Lipinski definition) is 7. The maximum Gasteiger partial charge on any atom is 0.410 e. The molecule has 7 atom stereocenters. The molecule has 2 aliphatic rings. The Morgan fingerprint density at radius 3 is 2.19 bits per heavy atom. The fraction of sp³-hybridized carbons (Fsp3) is 0.636. The molecule has 4 amide bonds. The third-order valence-corrected chi connectivity index (χ3v) is 16.6. The van der Waals surface area contributed by atoms with Crippen LogP contribution < -0.4 is 10.6 Å². The first-order valence-electron chi connectivity index (χ1n) is 20.6. The molecule has 0 spiro atoms. The maximum absolute atomic E-state index is 15.1. The minimum Gasteiger partial charge on any atom is -0.444 e. The van der Waals surface area contributed by atoms with E-state index in [-0.39, 0.29) is 60.7 Å². The lowest BCUT2D eigenvalue weighted by Crippen LogP contribution is -2.63. The number of amides is 4. The zero-order valence-corrected chi connectivity index (χ0v) is 37.3. The summed E-state index contributed by atoms with van der Waals surface area (Å²) in [6, 6.07) is 9.95. The largest absolute Gasteiger partial charge is 0.444 e. The van der Waals surface area contributed by atoms with E-state index in [9.17, 15) is 28.3 Å². The summed E-state index contributed by atoms with van der Waals surface area (Å²) in [7, 11) is -2.76. The van der Waals surface area contributed by atoms with Gasteiger partial charge in [-0.25, -0.2) is 13.6 Å². The van der Waals surface area contributed by atoms with Crippen LogP contribution in [0.25, 0.3) is 0 Å². The zero-order valence-electron chi connectivity index (χ0n) is 36.3. The van der Waals surface area contributed by atoms with Crippen LogP contribution in [-0.4, -0.2) is 102 Å². The van der Waals surface area contributed by atoms with Crippen LogP contribution >= 0.6 is 0 Å². The van der Waals surface area contributed by atoms with Crippen molar-refractivity contribution in [3.05, 3.63) is 71.3 Å². The number of carbonyl (C=O) groups is 4. The highest BCUT2D eigenvalue weighted by atomic mass is 28.4. The highest BCUT2D eigenvalue weighted by molar-refractivity contribution is 6.74. The summed E-state index contributed by atoms with van der Waals surface area (Å²) < 4.78 is 42.6. The summed E-state index contributed by atoms with van der Waals surface area (Å²) in [5.41, 5.74) is -0.853. The molecule has 2 heterocycles. The van der Waals surface area contributed by atoms with E-state index in [1.165, 1.54) is 24.0 Å². The number of aryl methyl sites for hydroxylation is 1. The predicted octanol–water partition coefficient (Wildman–Crippen LogP) is 6.91. The number of aliphatic hydroxyl groups is 1. The van der Waals surface area contributed by atoms with Crippen molar-refractivity contribution in [3.8, 4) is 0 Å². The summed E-state index contributed by atoms with van der Waals surface area (Å²) in [5, 5.41) is 16.9. The molecule has 0 aromatic heterocycles. The van der Waals surface area contributed by atoms with Crippen molar-refractivity contribution >= 4 is 32.1 Å². The van der Waals surface area contributed by atoms with Gasteiger partial charge in [-0.3, -0.25) is 19.3 Å². The number of nitrogens with zero attached hydrogens (tertiary/aromatic N) is 2. The Labute approximate surface area is 344 Å². The van der Waals surface area contributed by atoms with Crippen molar-refractivity contribution in [2.45, 2.75) is 160 Å². The second-order valence-electron chi connectivity index (χ2n) is 18.8. The molecule has 58 heavy (non-hydrogen) atoms. The van der Waals surface area contributed by atoms with Gasteiger partial charge in [0.05, 0.1) is 30.8 Å². The minimum absolute atomic E-state index is 0.0466. The van der Waals surface area contributed by atoms with Crippen LogP contribution in [0.5, 0.6) is 0 Å². The van der Waals surface area contributed by atoms with E-state index in [2.05, 4.69) is 31.4 Å². The van der Waals surface area contributed by atoms with Crippen LogP contribution in [0.4, 0.5) is 13.6 Å². The number of β-amino-alcohol motifs (C(OH)–C–C–N with tert-alkyl or cyclic N) is 1. The second-order valence-corrected chi connectivity index (χ2v) is 23.5. The molecule has 0 aliphatic carbocycles. The van der Waals surface area contributed by atoms with Gasteiger partial charge in [0.15, 0.2) is 8.32 Å². The van der Waals surface area contributed by atoms with Crippen LogP contribution in [0, 0.1) is 17.6 Å². The van der Waals surface area contributed by atoms with E-state index in [1.807, 2.05) is 57.3 Å². The number of hydrogen-bond donors (Lipinski definition) is 3. The Kier molecular flexibility index (Phi) is 15.0. The van der Waals surface area contributed by atoms with E-state index in [1.54, 1.807) is 25.7 Å². The number of nitrogens with one attached hydrogen (secondary N) is 2. The van der Waals surface area contributed by atoms with E-state index in [0.717, 1.165) is 11.6 Å². The average molecular weight is 829 g/mol. The van der Waals surface area contributed by atoms with Crippen molar-refractivity contribution in [1.29, 1.82) is 0 Å². The molecule has 322 valence electrons. The monoisotopic (exact) mass is 828 g/mol. The SMILES string of the molecule is CC[C@@H](C)[C@@]1(NC(C)=O)CCN([C@@H](CCc2ccccc2)C(=O)N[C@@H](Cc2cc(F)cc(F)c2)[C@H](O[Si](C)(C)C(C)(C)C)[C@H]2C[C@@H](O)CN2C(=O)OC(C)(C)C)C1=O. The average Bonchev–Trinajstić information content (AvgIpc) is 3.65. The predicted molar refractivity (Wildman–Crippen MR) is 222 cm³/mol. The molecular formula is C44H66F2N4O7Si. The number of rotatable bonds is 15. The van der Waals surface area contributed by atoms with Gasteiger partial charge in [-0.2, -0.15) is 0 Å². The number of ether oxygens (including phenoxy) is 1. The Bertz CT molecular complexity index is 1750. The smallest absolute Gasteiger partial charge is 0.410 e. The normalized spacial score (nSPS) is 22.3. The molecule has 3 N–H and O–H groups in total. The van der Waals surface area contributed by atoms with Crippen molar-refractivity contribution in [1.82, 2.24) is 20.4 Å². The van der Waals surface area contributed by atoms with Gasteiger partial charge in [0.1, 0.15) is 28.8 Å². The Morgan fingerprint density at radius 2 is 1.64 bits per heavy atom. The van der Waals surface area contributed by atoms with Crippen LogP contribution in [0.1, 0.15) is 99.1 Å². The fourth-order valence-electron chi connectivity index (χ4n) is 7.94. The molecular weight excluding hydrogens is 763 g/mol. The highest BCUT2D eigenvalue weighted by Crippen LogP contribution is 2.40. The summed E-state index contributed by atoms with van der Waals surface area (Å²) in [5.74, 6) is -3.02. The van der Waals surface area contributed by atoms with E-state index in [0.29, 0.717) is 19.3 Å². The van der Waals surface area contributed by atoms with Crippen molar-refractivity contribution in [2.75, 3.05) is 13.1 Å². The lowest BCUT2D eigenvalue weighted by Gasteiger charge is -2.45. The van der Waals surface area contributed by atoms with Gasteiger partial charge in [0, 0.05) is 19.5 Å². The Hall–Kier alpha value is -3.88. The van der Waals surface area contributed by atoms with Gasteiger partial charge in [-0.1, -0.05) is 71.4 Å². The molecule has 0 bridgehead atoms.